The van der Waals surface area contributed by atoms with Crippen molar-refractivity contribution in [2.75, 3.05) is 40.4 Å². The summed E-state index contributed by atoms with van der Waals surface area (Å²) in [6.07, 6.45) is 4.65. The van der Waals surface area contributed by atoms with Gasteiger partial charge < -0.3 is 9.47 Å². The van der Waals surface area contributed by atoms with Crippen molar-refractivity contribution >= 4 is 10.0 Å². The monoisotopic (exact) mass is 354 g/mol. The average Bonchev–Trinajstić information content (AvgIpc) is 2.79. The Bertz CT molecular complexity index is 673. The second kappa shape index (κ2) is 7.29. The lowest BCUT2D eigenvalue weighted by Gasteiger charge is -2.36. The highest BCUT2D eigenvalue weighted by atomic mass is 32.2. The molecule has 2 fully saturated rings. The Kier molecular flexibility index (Phi) is 5.32. The highest BCUT2D eigenvalue weighted by molar-refractivity contribution is 7.89. The Morgan fingerprint density at radius 1 is 1.00 bits per heavy atom. The molecule has 0 radical (unpaired) electrons. The van der Waals surface area contributed by atoms with Crippen LogP contribution in [0.25, 0.3) is 0 Å². The SMILES string of the molecule is COc1ccc(OC)c(S(=O)(=O)N2CCCN(C3CCC3)CC2)c1. The van der Waals surface area contributed by atoms with Crippen LogP contribution in [0.4, 0.5) is 0 Å². The van der Waals surface area contributed by atoms with Crippen molar-refractivity contribution in [3.05, 3.63) is 18.2 Å². The normalized spacial score (nSPS) is 21.1. The third-order valence-corrected chi connectivity index (χ3v) is 6.99. The molecule has 1 saturated carbocycles. The molecule has 1 heterocycles. The number of ether oxygens (including phenoxy) is 2. The number of nitrogens with zero attached hydrogens (tertiary/aromatic N) is 2. The molecule has 0 N–H and O–H groups in total. The molecule has 0 aromatic heterocycles. The number of hydrogen-bond acceptors (Lipinski definition) is 5. The van der Waals surface area contributed by atoms with Gasteiger partial charge >= 0.3 is 0 Å². The maximum absolute atomic E-state index is 13.1. The fraction of sp³-hybridized carbons (Fsp3) is 0.647. The van der Waals surface area contributed by atoms with Crippen molar-refractivity contribution in [1.82, 2.24) is 9.21 Å². The first kappa shape index (κ1) is 17.5. The number of methoxy groups -OCH3 is 2. The first-order valence-corrected chi connectivity index (χ1v) is 9.96. The lowest BCUT2D eigenvalue weighted by Crippen LogP contribution is -2.42. The Morgan fingerprint density at radius 2 is 1.79 bits per heavy atom. The third-order valence-electron chi connectivity index (χ3n) is 5.07. The van der Waals surface area contributed by atoms with Gasteiger partial charge in [0.05, 0.1) is 14.2 Å². The fourth-order valence-electron chi connectivity index (χ4n) is 3.40. The molecule has 24 heavy (non-hydrogen) atoms. The van der Waals surface area contributed by atoms with Crippen molar-refractivity contribution < 1.29 is 17.9 Å². The molecule has 1 saturated heterocycles. The molecule has 0 unspecified atom stereocenters. The minimum absolute atomic E-state index is 0.182. The summed E-state index contributed by atoms with van der Waals surface area (Å²) >= 11 is 0. The molecule has 0 amide bonds. The summed E-state index contributed by atoms with van der Waals surface area (Å²) in [5, 5.41) is 0. The molecule has 0 atom stereocenters. The van der Waals surface area contributed by atoms with Gasteiger partial charge in [0.2, 0.25) is 10.0 Å². The Morgan fingerprint density at radius 3 is 2.42 bits per heavy atom. The minimum atomic E-state index is -3.60. The fourth-order valence-corrected chi connectivity index (χ4v) is 5.04. The zero-order chi connectivity index (χ0) is 17.2. The third kappa shape index (κ3) is 3.38. The van der Waals surface area contributed by atoms with Crippen LogP contribution in [-0.4, -0.2) is 64.1 Å². The van der Waals surface area contributed by atoms with Gasteiger partial charge in [-0.3, -0.25) is 4.90 Å². The standard InChI is InChI=1S/C17H26N2O4S/c1-22-15-7-8-16(23-2)17(13-15)24(20,21)19-10-4-9-18(11-12-19)14-5-3-6-14/h7-8,13-14H,3-6,9-12H2,1-2H3. The van der Waals surface area contributed by atoms with E-state index in [0.717, 1.165) is 19.5 Å². The lowest BCUT2D eigenvalue weighted by atomic mass is 9.91. The molecular weight excluding hydrogens is 328 g/mol. The summed E-state index contributed by atoms with van der Waals surface area (Å²) in [5.74, 6) is 0.871. The van der Waals surface area contributed by atoms with Crippen LogP contribution < -0.4 is 9.47 Å². The van der Waals surface area contributed by atoms with Gasteiger partial charge in [0.25, 0.3) is 0 Å². The topological polar surface area (TPSA) is 59.1 Å². The van der Waals surface area contributed by atoms with E-state index in [9.17, 15) is 8.42 Å². The summed E-state index contributed by atoms with van der Waals surface area (Å²) < 4.78 is 38.3. The van der Waals surface area contributed by atoms with Crippen molar-refractivity contribution in [3.63, 3.8) is 0 Å². The molecule has 0 bridgehead atoms. The summed E-state index contributed by atoms with van der Waals surface area (Å²) in [7, 11) is -0.581. The molecule has 1 aliphatic carbocycles. The van der Waals surface area contributed by atoms with Crippen LogP contribution in [0.1, 0.15) is 25.7 Å². The van der Waals surface area contributed by atoms with Crippen LogP contribution in [0, 0.1) is 0 Å². The van der Waals surface area contributed by atoms with Gasteiger partial charge in [-0.1, -0.05) is 6.42 Å². The zero-order valence-electron chi connectivity index (χ0n) is 14.4. The van der Waals surface area contributed by atoms with Crippen LogP contribution in [0.15, 0.2) is 23.1 Å². The van der Waals surface area contributed by atoms with Gasteiger partial charge in [0, 0.05) is 31.7 Å². The zero-order valence-corrected chi connectivity index (χ0v) is 15.2. The molecule has 1 aliphatic heterocycles. The maximum atomic E-state index is 13.1. The molecular formula is C17H26N2O4S. The smallest absolute Gasteiger partial charge is 0.246 e. The summed E-state index contributed by atoms with van der Waals surface area (Å²) in [6.45, 7) is 2.85. The highest BCUT2D eigenvalue weighted by Gasteiger charge is 2.32. The van der Waals surface area contributed by atoms with E-state index in [-0.39, 0.29) is 4.90 Å². The molecule has 1 aromatic carbocycles. The molecule has 0 spiro atoms. The van der Waals surface area contributed by atoms with Gasteiger partial charge in [-0.15, -0.1) is 0 Å². The average molecular weight is 354 g/mol. The van der Waals surface area contributed by atoms with Crippen molar-refractivity contribution in [2.24, 2.45) is 0 Å². The molecule has 134 valence electrons. The second-order valence-electron chi connectivity index (χ2n) is 6.40. The van der Waals surface area contributed by atoms with E-state index in [1.54, 1.807) is 22.5 Å². The van der Waals surface area contributed by atoms with Crippen molar-refractivity contribution in [2.45, 2.75) is 36.6 Å². The molecule has 7 heteroatoms. The maximum Gasteiger partial charge on any atom is 0.246 e. The summed E-state index contributed by atoms with van der Waals surface area (Å²) in [6, 6.07) is 5.55. The van der Waals surface area contributed by atoms with Crippen LogP contribution in [0.2, 0.25) is 0 Å². The number of benzene rings is 1. The van der Waals surface area contributed by atoms with E-state index < -0.39 is 10.0 Å². The van der Waals surface area contributed by atoms with Gasteiger partial charge in [0.15, 0.2) is 0 Å². The molecule has 1 aromatic rings. The molecule has 2 aliphatic rings. The quantitative estimate of drug-likeness (QED) is 0.809. The van der Waals surface area contributed by atoms with Gasteiger partial charge in [-0.05, 0) is 37.9 Å². The van der Waals surface area contributed by atoms with Crippen LogP contribution in [0.3, 0.4) is 0 Å². The van der Waals surface area contributed by atoms with E-state index in [1.165, 1.54) is 33.5 Å². The highest BCUT2D eigenvalue weighted by Crippen LogP contribution is 2.32. The number of hydrogen-bond donors (Lipinski definition) is 0. The van der Waals surface area contributed by atoms with Crippen LogP contribution in [-0.2, 0) is 10.0 Å². The van der Waals surface area contributed by atoms with Gasteiger partial charge in [0.1, 0.15) is 16.4 Å². The predicted molar refractivity (Wildman–Crippen MR) is 92.1 cm³/mol. The lowest BCUT2D eigenvalue weighted by molar-refractivity contribution is 0.134. The number of sulfonamides is 1. The summed E-state index contributed by atoms with van der Waals surface area (Å²) in [4.78, 5) is 2.63. The van der Waals surface area contributed by atoms with E-state index in [2.05, 4.69) is 4.90 Å². The number of rotatable bonds is 5. The summed E-state index contributed by atoms with van der Waals surface area (Å²) in [5.41, 5.74) is 0. The Labute approximate surface area is 144 Å². The van der Waals surface area contributed by atoms with Gasteiger partial charge in [-0.2, -0.15) is 4.31 Å². The van der Waals surface area contributed by atoms with E-state index >= 15 is 0 Å². The first-order chi connectivity index (χ1) is 11.6. The minimum Gasteiger partial charge on any atom is -0.497 e. The van der Waals surface area contributed by atoms with Gasteiger partial charge in [-0.25, -0.2) is 8.42 Å². The van der Waals surface area contributed by atoms with E-state index in [0.29, 0.717) is 30.6 Å². The van der Waals surface area contributed by atoms with Crippen LogP contribution >= 0.6 is 0 Å². The van der Waals surface area contributed by atoms with E-state index in [4.69, 9.17) is 9.47 Å². The Balaban J connectivity index is 1.82. The largest absolute Gasteiger partial charge is 0.497 e. The molecule has 3 rings (SSSR count). The van der Waals surface area contributed by atoms with Crippen molar-refractivity contribution in [3.8, 4) is 11.5 Å². The second-order valence-corrected chi connectivity index (χ2v) is 8.30. The molecule has 6 nitrogen and oxygen atoms in total. The van der Waals surface area contributed by atoms with Crippen LogP contribution in [0.5, 0.6) is 11.5 Å². The predicted octanol–water partition coefficient (Wildman–Crippen LogP) is 1.95. The first-order valence-electron chi connectivity index (χ1n) is 8.52. The van der Waals surface area contributed by atoms with Crippen molar-refractivity contribution in [1.29, 1.82) is 0 Å². The Hall–Kier alpha value is -1.31. The van der Waals surface area contributed by atoms with E-state index in [1.807, 2.05) is 0 Å².